The van der Waals surface area contributed by atoms with Gasteiger partial charge in [-0.3, -0.25) is 4.90 Å². The molecule has 230 valence electrons. The van der Waals surface area contributed by atoms with Crippen LogP contribution in [0, 0.1) is 11.2 Å². The highest BCUT2D eigenvalue weighted by Gasteiger charge is 2.46. The van der Waals surface area contributed by atoms with Gasteiger partial charge in [0.25, 0.3) is 0 Å². The van der Waals surface area contributed by atoms with Gasteiger partial charge < -0.3 is 9.47 Å². The third kappa shape index (κ3) is 6.21. The van der Waals surface area contributed by atoms with Crippen LogP contribution in [0.25, 0.3) is 11.8 Å². The minimum Gasteiger partial charge on any atom is -0.379 e. The highest BCUT2D eigenvalue weighted by atomic mass is 32.2. The van der Waals surface area contributed by atoms with E-state index in [4.69, 9.17) is 9.47 Å². The Morgan fingerprint density at radius 2 is 1.74 bits per heavy atom. The van der Waals surface area contributed by atoms with Gasteiger partial charge in [0.05, 0.1) is 48.9 Å². The first-order valence-electron chi connectivity index (χ1n) is 15.1. The van der Waals surface area contributed by atoms with Crippen LogP contribution >= 0.6 is 0 Å². The minimum absolute atomic E-state index is 0.0616. The standard InChI is InChI=1S/C33H41FN4O4S/c1-32(2,3)26-4-10-30(11-5-26)43(39,40)37-13-12-27-20-31-25(22-35-38(31)29-8-6-28(34)7-9-29)21-33(27,23-37)24-42-19-16-36-14-17-41-18-15-36/h4-11,20,22H,12-19,21,23-24H2,1-3H3/t33-/m1/s1. The van der Waals surface area contributed by atoms with Crippen molar-refractivity contribution in [2.24, 2.45) is 5.41 Å². The summed E-state index contributed by atoms with van der Waals surface area (Å²) in [4.78, 5) is 2.65. The molecule has 1 atom stereocenters. The van der Waals surface area contributed by atoms with Gasteiger partial charge in [-0.2, -0.15) is 9.40 Å². The molecule has 6 rings (SSSR count). The number of halogens is 1. The Morgan fingerprint density at radius 1 is 1.02 bits per heavy atom. The van der Waals surface area contributed by atoms with E-state index >= 15 is 0 Å². The van der Waals surface area contributed by atoms with Crippen LogP contribution in [0.3, 0.4) is 0 Å². The lowest BCUT2D eigenvalue weighted by atomic mass is 9.69. The molecule has 1 aliphatic carbocycles. The fourth-order valence-corrected chi connectivity index (χ4v) is 7.91. The number of piperidine rings is 1. The number of aromatic nitrogens is 2. The highest BCUT2D eigenvalue weighted by Crippen LogP contribution is 2.45. The molecule has 8 nitrogen and oxygen atoms in total. The zero-order valence-corrected chi connectivity index (χ0v) is 26.1. The van der Waals surface area contributed by atoms with E-state index in [0.29, 0.717) is 44.0 Å². The Hall–Kier alpha value is -2.89. The van der Waals surface area contributed by atoms with Gasteiger partial charge >= 0.3 is 0 Å². The molecule has 10 heteroatoms. The van der Waals surface area contributed by atoms with E-state index < -0.39 is 15.4 Å². The molecule has 3 aromatic rings. The van der Waals surface area contributed by atoms with Crippen LogP contribution < -0.4 is 0 Å². The Bertz CT molecular complexity index is 1570. The first-order chi connectivity index (χ1) is 20.5. The Morgan fingerprint density at radius 3 is 2.44 bits per heavy atom. The van der Waals surface area contributed by atoms with Gasteiger partial charge in [0.1, 0.15) is 5.82 Å². The summed E-state index contributed by atoms with van der Waals surface area (Å²) >= 11 is 0. The molecule has 2 saturated heterocycles. The summed E-state index contributed by atoms with van der Waals surface area (Å²) in [6.45, 7) is 12.1. The van der Waals surface area contributed by atoms with Crippen molar-refractivity contribution in [2.45, 2.75) is 43.9 Å². The average Bonchev–Trinajstić information content (AvgIpc) is 3.40. The molecular weight excluding hydrogens is 567 g/mol. The summed E-state index contributed by atoms with van der Waals surface area (Å²) in [7, 11) is -3.71. The number of hydrogen-bond donors (Lipinski definition) is 0. The highest BCUT2D eigenvalue weighted by molar-refractivity contribution is 7.89. The van der Waals surface area contributed by atoms with Gasteiger partial charge in [-0.05, 0) is 71.9 Å². The van der Waals surface area contributed by atoms with Gasteiger partial charge in [-0.25, -0.2) is 17.5 Å². The average molecular weight is 609 g/mol. The van der Waals surface area contributed by atoms with Crippen LogP contribution in [-0.2, 0) is 31.3 Å². The summed E-state index contributed by atoms with van der Waals surface area (Å²) in [5.41, 5.74) is 4.47. The lowest BCUT2D eigenvalue weighted by Crippen LogP contribution is -2.51. The van der Waals surface area contributed by atoms with Crippen molar-refractivity contribution >= 4 is 16.1 Å². The molecule has 0 unspecified atom stereocenters. The van der Waals surface area contributed by atoms with Gasteiger partial charge in [-0.1, -0.05) is 38.5 Å². The minimum atomic E-state index is -3.71. The van der Waals surface area contributed by atoms with Gasteiger partial charge in [0.15, 0.2) is 0 Å². The number of morpholine rings is 1. The molecule has 2 fully saturated rings. The summed E-state index contributed by atoms with van der Waals surface area (Å²) < 4.78 is 56.8. The monoisotopic (exact) mass is 608 g/mol. The second-order valence-electron chi connectivity index (χ2n) is 12.9. The molecule has 0 bridgehead atoms. The number of ether oxygens (including phenoxy) is 2. The maximum atomic E-state index is 14.0. The molecule has 0 amide bonds. The van der Waals surface area contributed by atoms with Gasteiger partial charge in [-0.15, -0.1) is 0 Å². The molecular formula is C33H41FN4O4S. The smallest absolute Gasteiger partial charge is 0.243 e. The molecule has 0 radical (unpaired) electrons. The molecule has 2 aromatic carbocycles. The number of nitrogens with zero attached hydrogens (tertiary/aromatic N) is 4. The van der Waals surface area contributed by atoms with Crippen molar-refractivity contribution in [1.29, 1.82) is 0 Å². The first kappa shape index (κ1) is 30.1. The quantitative estimate of drug-likeness (QED) is 0.346. The molecule has 3 heterocycles. The van der Waals surface area contributed by atoms with E-state index in [1.807, 2.05) is 23.0 Å². The normalized spacial score (nSPS) is 21.7. The Labute approximate surface area is 254 Å². The third-order valence-corrected chi connectivity index (χ3v) is 10.8. The number of hydrogen-bond acceptors (Lipinski definition) is 6. The van der Waals surface area contributed by atoms with E-state index in [1.165, 1.54) is 17.7 Å². The van der Waals surface area contributed by atoms with Crippen molar-refractivity contribution in [3.05, 3.63) is 82.9 Å². The fraction of sp³-hybridized carbons (Fsp3) is 0.485. The van der Waals surface area contributed by atoms with Crippen LogP contribution in [-0.4, -0.2) is 86.6 Å². The maximum Gasteiger partial charge on any atom is 0.243 e. The zero-order valence-electron chi connectivity index (χ0n) is 25.3. The summed E-state index contributed by atoms with van der Waals surface area (Å²) in [6.07, 6.45) is 5.21. The zero-order chi connectivity index (χ0) is 30.2. The van der Waals surface area contributed by atoms with Crippen LogP contribution in [0.5, 0.6) is 0 Å². The first-order valence-corrected chi connectivity index (χ1v) is 16.5. The lowest BCUT2D eigenvalue weighted by molar-refractivity contribution is 0.00170. The lowest BCUT2D eigenvalue weighted by Gasteiger charge is -2.46. The maximum absolute atomic E-state index is 14.0. The third-order valence-electron chi connectivity index (χ3n) is 8.98. The Balaban J connectivity index is 1.27. The molecule has 1 aromatic heterocycles. The number of benzene rings is 2. The topological polar surface area (TPSA) is 76.9 Å². The van der Waals surface area contributed by atoms with Gasteiger partial charge in [0.2, 0.25) is 10.0 Å². The molecule has 43 heavy (non-hydrogen) atoms. The predicted molar refractivity (Wildman–Crippen MR) is 164 cm³/mol. The summed E-state index contributed by atoms with van der Waals surface area (Å²) in [5, 5.41) is 4.65. The number of fused-ring (bicyclic) bond motifs is 2. The SMILES string of the molecule is CC(C)(C)c1ccc(S(=O)(=O)N2CCC3=Cc4c(cnn4-c4ccc(F)cc4)C[C@]3(COCCN3CCOCC3)C2)cc1. The van der Waals surface area contributed by atoms with Crippen molar-refractivity contribution in [1.82, 2.24) is 19.0 Å². The fourth-order valence-electron chi connectivity index (χ4n) is 6.38. The van der Waals surface area contributed by atoms with Crippen molar-refractivity contribution in [3.8, 4) is 5.69 Å². The molecule has 0 N–H and O–H groups in total. The Kier molecular flexibility index (Phi) is 8.34. The van der Waals surface area contributed by atoms with Crippen LogP contribution in [0.15, 0.2) is 65.2 Å². The largest absolute Gasteiger partial charge is 0.379 e. The molecule has 3 aliphatic rings. The summed E-state index contributed by atoms with van der Waals surface area (Å²) in [5.74, 6) is -0.294. The second kappa shape index (κ2) is 11.9. The van der Waals surface area contributed by atoms with Crippen molar-refractivity contribution in [3.63, 3.8) is 0 Å². The van der Waals surface area contributed by atoms with Gasteiger partial charge in [0, 0.05) is 38.1 Å². The molecule has 0 spiro atoms. The predicted octanol–water partition coefficient (Wildman–Crippen LogP) is 4.68. The second-order valence-corrected chi connectivity index (χ2v) is 14.9. The van der Waals surface area contributed by atoms with E-state index in [1.54, 1.807) is 28.6 Å². The van der Waals surface area contributed by atoms with Crippen molar-refractivity contribution < 1.29 is 22.3 Å². The molecule has 2 aliphatic heterocycles. The van der Waals surface area contributed by atoms with E-state index in [9.17, 15) is 12.8 Å². The van der Waals surface area contributed by atoms with Crippen LogP contribution in [0.4, 0.5) is 4.39 Å². The number of rotatable bonds is 8. The van der Waals surface area contributed by atoms with E-state index in [-0.39, 0.29) is 11.2 Å². The summed E-state index contributed by atoms with van der Waals surface area (Å²) in [6, 6.07) is 13.6. The van der Waals surface area contributed by atoms with Crippen LogP contribution in [0.1, 0.15) is 44.0 Å². The van der Waals surface area contributed by atoms with E-state index in [2.05, 4.69) is 36.8 Å². The van der Waals surface area contributed by atoms with Crippen molar-refractivity contribution in [2.75, 3.05) is 59.2 Å². The van der Waals surface area contributed by atoms with E-state index in [0.717, 1.165) is 55.4 Å². The van der Waals surface area contributed by atoms with Crippen LogP contribution in [0.2, 0.25) is 0 Å². The number of sulfonamides is 1. The molecule has 0 saturated carbocycles.